The molecule has 0 unspecified atom stereocenters. The molecule has 2 aromatic rings. The largest absolute Gasteiger partial charge is 0.369 e. The summed E-state index contributed by atoms with van der Waals surface area (Å²) in [6.45, 7) is 4.21. The van der Waals surface area contributed by atoms with Crippen molar-refractivity contribution in [3.05, 3.63) is 30.2 Å². The molecule has 7 nitrogen and oxygen atoms in total. The first kappa shape index (κ1) is 14.3. The highest BCUT2D eigenvalue weighted by atomic mass is 32.2. The van der Waals surface area contributed by atoms with E-state index < -0.39 is 10.0 Å². The van der Waals surface area contributed by atoms with Crippen molar-refractivity contribution in [2.24, 2.45) is 7.05 Å². The highest BCUT2D eigenvalue weighted by Crippen LogP contribution is 2.22. The Morgan fingerprint density at radius 1 is 1.40 bits per heavy atom. The summed E-state index contributed by atoms with van der Waals surface area (Å²) in [5, 5.41) is 7.04. The standard InChI is InChI=1S/C12H17N5O2S/c1-4-13-12-11(6-5-7-14-12)20(18,19)16-10-8-17(3)15-9(10)2/h5-8,16H,4H2,1-3H3,(H,13,14). The molecule has 0 atom stereocenters. The maximum Gasteiger partial charge on any atom is 0.265 e. The lowest BCUT2D eigenvalue weighted by Gasteiger charge is -2.11. The Hall–Kier alpha value is -2.09. The Morgan fingerprint density at radius 2 is 2.15 bits per heavy atom. The molecule has 0 aromatic carbocycles. The predicted molar refractivity (Wildman–Crippen MR) is 77.2 cm³/mol. The van der Waals surface area contributed by atoms with Gasteiger partial charge in [0.25, 0.3) is 10.0 Å². The average Bonchev–Trinajstić information content (AvgIpc) is 2.68. The number of anilines is 2. The van der Waals surface area contributed by atoms with Gasteiger partial charge in [0.05, 0.1) is 11.4 Å². The van der Waals surface area contributed by atoms with Crippen LogP contribution in [0.2, 0.25) is 0 Å². The fraction of sp³-hybridized carbons (Fsp3) is 0.333. The van der Waals surface area contributed by atoms with Crippen LogP contribution in [-0.2, 0) is 17.1 Å². The highest BCUT2D eigenvalue weighted by Gasteiger charge is 2.20. The van der Waals surface area contributed by atoms with Crippen molar-refractivity contribution in [2.45, 2.75) is 18.7 Å². The molecule has 108 valence electrons. The molecule has 0 saturated heterocycles. The van der Waals surface area contributed by atoms with Crippen LogP contribution in [0.1, 0.15) is 12.6 Å². The number of aromatic nitrogens is 3. The van der Waals surface area contributed by atoms with E-state index in [1.165, 1.54) is 6.07 Å². The summed E-state index contributed by atoms with van der Waals surface area (Å²) in [5.74, 6) is 0.337. The number of rotatable bonds is 5. The molecule has 0 aliphatic rings. The zero-order chi connectivity index (χ0) is 14.8. The van der Waals surface area contributed by atoms with E-state index in [1.54, 1.807) is 37.1 Å². The summed E-state index contributed by atoms with van der Waals surface area (Å²) in [6, 6.07) is 3.10. The van der Waals surface area contributed by atoms with Gasteiger partial charge in [-0.2, -0.15) is 5.10 Å². The molecule has 0 spiro atoms. The summed E-state index contributed by atoms with van der Waals surface area (Å²) in [7, 11) is -1.97. The number of aryl methyl sites for hydroxylation is 2. The fourth-order valence-corrected chi connectivity index (χ4v) is 3.04. The van der Waals surface area contributed by atoms with Crippen LogP contribution in [-0.4, -0.2) is 29.7 Å². The molecular weight excluding hydrogens is 278 g/mol. The minimum Gasteiger partial charge on any atom is -0.369 e. The third kappa shape index (κ3) is 2.90. The minimum atomic E-state index is -3.70. The summed E-state index contributed by atoms with van der Waals surface area (Å²) in [4.78, 5) is 4.17. The molecule has 2 heterocycles. The van der Waals surface area contributed by atoms with E-state index in [1.807, 2.05) is 6.92 Å². The lowest BCUT2D eigenvalue weighted by atomic mass is 10.4. The van der Waals surface area contributed by atoms with E-state index in [0.29, 0.717) is 23.7 Å². The van der Waals surface area contributed by atoms with Crippen LogP contribution in [0.3, 0.4) is 0 Å². The molecule has 2 N–H and O–H groups in total. The van der Waals surface area contributed by atoms with Crippen molar-refractivity contribution in [3.63, 3.8) is 0 Å². The van der Waals surface area contributed by atoms with E-state index in [4.69, 9.17) is 0 Å². The monoisotopic (exact) mass is 295 g/mol. The second-order valence-corrected chi connectivity index (χ2v) is 5.94. The zero-order valence-corrected chi connectivity index (χ0v) is 12.4. The maximum atomic E-state index is 12.4. The van der Waals surface area contributed by atoms with Gasteiger partial charge in [0.2, 0.25) is 0 Å². The van der Waals surface area contributed by atoms with Crippen molar-refractivity contribution in [1.29, 1.82) is 0 Å². The third-order valence-corrected chi connectivity index (χ3v) is 4.06. The molecule has 0 saturated carbocycles. The van der Waals surface area contributed by atoms with Crippen molar-refractivity contribution in [3.8, 4) is 0 Å². The van der Waals surface area contributed by atoms with Gasteiger partial charge < -0.3 is 5.32 Å². The van der Waals surface area contributed by atoms with Crippen LogP contribution in [0.4, 0.5) is 11.5 Å². The topological polar surface area (TPSA) is 88.9 Å². The van der Waals surface area contributed by atoms with Crippen LogP contribution in [0, 0.1) is 6.92 Å². The van der Waals surface area contributed by atoms with Gasteiger partial charge in [0, 0.05) is 26.0 Å². The number of hydrogen-bond donors (Lipinski definition) is 2. The van der Waals surface area contributed by atoms with Crippen LogP contribution in [0.5, 0.6) is 0 Å². The van der Waals surface area contributed by atoms with E-state index in [2.05, 4.69) is 20.1 Å². The molecule has 0 bridgehead atoms. The predicted octanol–water partition coefficient (Wildman–Crippen LogP) is 1.36. The number of nitrogens with zero attached hydrogens (tertiary/aromatic N) is 3. The first-order valence-electron chi connectivity index (χ1n) is 6.16. The Balaban J connectivity index is 2.38. The van der Waals surface area contributed by atoms with Crippen molar-refractivity contribution < 1.29 is 8.42 Å². The fourth-order valence-electron chi connectivity index (χ4n) is 1.81. The summed E-state index contributed by atoms with van der Waals surface area (Å²) in [5.41, 5.74) is 1.07. The summed E-state index contributed by atoms with van der Waals surface area (Å²) in [6.07, 6.45) is 3.17. The third-order valence-electron chi connectivity index (χ3n) is 2.66. The molecule has 20 heavy (non-hydrogen) atoms. The van der Waals surface area contributed by atoms with E-state index in [9.17, 15) is 8.42 Å². The number of pyridine rings is 1. The van der Waals surface area contributed by atoms with Gasteiger partial charge in [-0.1, -0.05) is 0 Å². The molecule has 0 aliphatic heterocycles. The van der Waals surface area contributed by atoms with Crippen LogP contribution >= 0.6 is 0 Å². The Bertz CT molecular complexity index is 708. The van der Waals surface area contributed by atoms with Crippen molar-refractivity contribution >= 4 is 21.5 Å². The normalized spacial score (nSPS) is 11.3. The van der Waals surface area contributed by atoms with Crippen LogP contribution < -0.4 is 10.0 Å². The molecule has 8 heteroatoms. The van der Waals surface area contributed by atoms with Crippen LogP contribution in [0.15, 0.2) is 29.4 Å². The second kappa shape index (κ2) is 5.49. The quantitative estimate of drug-likeness (QED) is 0.869. The van der Waals surface area contributed by atoms with Gasteiger partial charge in [0.1, 0.15) is 10.7 Å². The second-order valence-electron chi connectivity index (χ2n) is 4.29. The highest BCUT2D eigenvalue weighted by molar-refractivity contribution is 7.92. The molecule has 2 aromatic heterocycles. The zero-order valence-electron chi connectivity index (χ0n) is 11.6. The van der Waals surface area contributed by atoms with Gasteiger partial charge in [-0.25, -0.2) is 13.4 Å². The molecule has 0 amide bonds. The van der Waals surface area contributed by atoms with Crippen molar-refractivity contribution in [1.82, 2.24) is 14.8 Å². The Kier molecular flexibility index (Phi) is 3.93. The lowest BCUT2D eigenvalue weighted by molar-refractivity contribution is 0.601. The molecule has 0 fully saturated rings. The summed E-state index contributed by atoms with van der Waals surface area (Å²) >= 11 is 0. The average molecular weight is 295 g/mol. The first-order chi connectivity index (χ1) is 9.44. The maximum absolute atomic E-state index is 12.4. The number of hydrogen-bond acceptors (Lipinski definition) is 5. The van der Waals surface area contributed by atoms with Gasteiger partial charge >= 0.3 is 0 Å². The summed E-state index contributed by atoms with van der Waals surface area (Å²) < 4.78 is 28.9. The minimum absolute atomic E-state index is 0.116. The lowest BCUT2D eigenvalue weighted by Crippen LogP contribution is -2.16. The van der Waals surface area contributed by atoms with E-state index in [0.717, 1.165) is 0 Å². The Labute approximate surface area is 118 Å². The van der Waals surface area contributed by atoms with Gasteiger partial charge in [-0.15, -0.1) is 0 Å². The first-order valence-corrected chi connectivity index (χ1v) is 7.64. The van der Waals surface area contributed by atoms with Gasteiger partial charge in [0.15, 0.2) is 0 Å². The SMILES string of the molecule is CCNc1ncccc1S(=O)(=O)Nc1cn(C)nc1C. The van der Waals surface area contributed by atoms with Gasteiger partial charge in [-0.3, -0.25) is 9.40 Å². The van der Waals surface area contributed by atoms with Gasteiger partial charge in [-0.05, 0) is 26.0 Å². The number of nitrogens with one attached hydrogen (secondary N) is 2. The van der Waals surface area contributed by atoms with Crippen molar-refractivity contribution in [2.75, 3.05) is 16.6 Å². The van der Waals surface area contributed by atoms with E-state index >= 15 is 0 Å². The molecule has 0 radical (unpaired) electrons. The smallest absolute Gasteiger partial charge is 0.265 e. The molecule has 0 aliphatic carbocycles. The van der Waals surface area contributed by atoms with Crippen LogP contribution in [0.25, 0.3) is 0 Å². The molecule has 2 rings (SSSR count). The van der Waals surface area contributed by atoms with E-state index in [-0.39, 0.29) is 4.90 Å². The number of sulfonamides is 1. The Morgan fingerprint density at radius 3 is 2.75 bits per heavy atom. The molecular formula is C12H17N5O2S.